The molecule has 2 aromatic carbocycles. The molecule has 0 bridgehead atoms. The summed E-state index contributed by atoms with van der Waals surface area (Å²) in [5, 5.41) is 3.43. The van der Waals surface area contributed by atoms with Crippen molar-refractivity contribution in [2.75, 3.05) is 5.32 Å². The first-order chi connectivity index (χ1) is 9.77. The van der Waals surface area contributed by atoms with Gasteiger partial charge in [0.25, 0.3) is 0 Å². The minimum Gasteiger partial charge on any atom is -0.368 e. The Bertz CT molecular complexity index is 699. The van der Waals surface area contributed by atoms with E-state index in [0.29, 0.717) is 16.3 Å². The van der Waals surface area contributed by atoms with Crippen LogP contribution in [0.25, 0.3) is 0 Å². The standard InChI is InChI=1S/C15H17ClNO3P/c1-10-4-3-5-12(8-10)15(21(18,19)20)17-13-7-6-11(2)14(16)9-13/h3-9,15,17H,1-2H3,(H2,18,19,20). The lowest BCUT2D eigenvalue weighted by molar-refractivity contribution is 0.363. The van der Waals surface area contributed by atoms with Crippen LogP contribution in [0.15, 0.2) is 42.5 Å². The fourth-order valence-corrected chi connectivity index (χ4v) is 3.09. The minimum absolute atomic E-state index is 0.542. The van der Waals surface area contributed by atoms with Crippen LogP contribution in [0.3, 0.4) is 0 Å². The summed E-state index contributed by atoms with van der Waals surface area (Å²) in [4.78, 5) is 19.2. The van der Waals surface area contributed by atoms with E-state index in [0.717, 1.165) is 11.1 Å². The van der Waals surface area contributed by atoms with Crippen molar-refractivity contribution >= 4 is 24.9 Å². The molecule has 0 aromatic heterocycles. The van der Waals surface area contributed by atoms with Gasteiger partial charge in [-0.05, 0) is 37.1 Å². The largest absolute Gasteiger partial charge is 0.368 e. The van der Waals surface area contributed by atoms with E-state index >= 15 is 0 Å². The molecule has 0 heterocycles. The Morgan fingerprint density at radius 3 is 2.43 bits per heavy atom. The van der Waals surface area contributed by atoms with Crippen LogP contribution in [0.4, 0.5) is 5.69 Å². The van der Waals surface area contributed by atoms with Crippen LogP contribution in [0.1, 0.15) is 22.5 Å². The maximum absolute atomic E-state index is 11.8. The van der Waals surface area contributed by atoms with Crippen molar-refractivity contribution in [2.24, 2.45) is 0 Å². The molecular weight excluding hydrogens is 309 g/mol. The molecule has 2 rings (SSSR count). The Morgan fingerprint density at radius 2 is 1.86 bits per heavy atom. The number of hydrogen-bond donors (Lipinski definition) is 3. The minimum atomic E-state index is -4.36. The monoisotopic (exact) mass is 325 g/mol. The zero-order valence-corrected chi connectivity index (χ0v) is 13.4. The predicted octanol–water partition coefficient (Wildman–Crippen LogP) is 4.25. The number of anilines is 1. The van der Waals surface area contributed by atoms with Gasteiger partial charge in [0.2, 0.25) is 0 Å². The van der Waals surface area contributed by atoms with E-state index in [1.165, 1.54) is 0 Å². The molecule has 1 unspecified atom stereocenters. The van der Waals surface area contributed by atoms with Gasteiger partial charge >= 0.3 is 7.60 Å². The molecule has 6 heteroatoms. The molecule has 112 valence electrons. The van der Waals surface area contributed by atoms with Crippen molar-refractivity contribution < 1.29 is 14.4 Å². The van der Waals surface area contributed by atoms with Gasteiger partial charge in [0.05, 0.1) is 0 Å². The zero-order valence-electron chi connectivity index (χ0n) is 11.7. The van der Waals surface area contributed by atoms with Gasteiger partial charge in [-0.2, -0.15) is 0 Å². The average molecular weight is 326 g/mol. The van der Waals surface area contributed by atoms with Crippen LogP contribution in [0.5, 0.6) is 0 Å². The van der Waals surface area contributed by atoms with Crippen LogP contribution in [0.2, 0.25) is 5.02 Å². The zero-order chi connectivity index (χ0) is 15.6. The van der Waals surface area contributed by atoms with Crippen molar-refractivity contribution in [1.29, 1.82) is 0 Å². The van der Waals surface area contributed by atoms with Crippen molar-refractivity contribution in [1.82, 2.24) is 0 Å². The Hall–Kier alpha value is -1.32. The van der Waals surface area contributed by atoms with Crippen LogP contribution in [0, 0.1) is 13.8 Å². The number of aryl methyl sites for hydroxylation is 2. The van der Waals surface area contributed by atoms with E-state index < -0.39 is 13.4 Å². The van der Waals surface area contributed by atoms with E-state index in [1.54, 1.807) is 36.4 Å². The maximum Gasteiger partial charge on any atom is 0.352 e. The highest BCUT2D eigenvalue weighted by atomic mass is 35.5. The normalized spacial score (nSPS) is 13.0. The Balaban J connectivity index is 2.38. The highest BCUT2D eigenvalue weighted by Gasteiger charge is 2.30. The summed E-state index contributed by atoms with van der Waals surface area (Å²) in [5.41, 5.74) is 2.96. The second-order valence-corrected chi connectivity index (χ2v) is 7.12. The Labute approximate surface area is 128 Å². The first-order valence-corrected chi connectivity index (χ1v) is 8.48. The van der Waals surface area contributed by atoms with Gasteiger partial charge in [-0.15, -0.1) is 0 Å². The van der Waals surface area contributed by atoms with E-state index in [2.05, 4.69) is 5.32 Å². The SMILES string of the molecule is Cc1cccc(C(Nc2ccc(C)c(Cl)c2)P(=O)(O)O)c1. The van der Waals surface area contributed by atoms with Gasteiger partial charge in [-0.3, -0.25) is 4.57 Å². The molecule has 0 aliphatic carbocycles. The molecule has 0 aliphatic heterocycles. The molecule has 3 N–H and O–H groups in total. The smallest absolute Gasteiger partial charge is 0.352 e. The van der Waals surface area contributed by atoms with E-state index in [9.17, 15) is 14.4 Å². The molecule has 21 heavy (non-hydrogen) atoms. The summed E-state index contributed by atoms with van der Waals surface area (Å²) in [5.74, 6) is -1.10. The molecule has 0 amide bonds. The van der Waals surface area contributed by atoms with Crippen molar-refractivity contribution in [2.45, 2.75) is 19.6 Å². The third-order valence-electron chi connectivity index (χ3n) is 3.17. The van der Waals surface area contributed by atoms with Crippen LogP contribution in [-0.4, -0.2) is 9.79 Å². The van der Waals surface area contributed by atoms with Crippen LogP contribution >= 0.6 is 19.2 Å². The van der Waals surface area contributed by atoms with E-state index in [-0.39, 0.29) is 0 Å². The molecule has 1 atom stereocenters. The number of halogens is 1. The van der Waals surface area contributed by atoms with Crippen LogP contribution in [-0.2, 0) is 4.57 Å². The van der Waals surface area contributed by atoms with Crippen molar-refractivity contribution in [3.8, 4) is 0 Å². The van der Waals surface area contributed by atoms with Crippen molar-refractivity contribution in [3.05, 3.63) is 64.2 Å². The van der Waals surface area contributed by atoms with E-state index in [4.69, 9.17) is 11.6 Å². The molecule has 2 aromatic rings. The quantitative estimate of drug-likeness (QED) is 0.735. The number of nitrogens with one attached hydrogen (secondary N) is 1. The predicted molar refractivity (Wildman–Crippen MR) is 85.8 cm³/mol. The van der Waals surface area contributed by atoms with Gasteiger partial charge in [0.1, 0.15) is 0 Å². The molecule has 0 fully saturated rings. The average Bonchev–Trinajstić information content (AvgIpc) is 2.38. The van der Waals surface area contributed by atoms with Gasteiger partial charge in [-0.25, -0.2) is 0 Å². The molecular formula is C15H17ClNO3P. The summed E-state index contributed by atoms with van der Waals surface area (Å²) in [6, 6.07) is 12.3. The first kappa shape index (κ1) is 16.1. The summed E-state index contributed by atoms with van der Waals surface area (Å²) in [6.07, 6.45) is 0. The second kappa shape index (κ2) is 6.20. The van der Waals surface area contributed by atoms with E-state index in [1.807, 2.05) is 19.9 Å². The Morgan fingerprint density at radius 1 is 1.14 bits per heavy atom. The lowest BCUT2D eigenvalue weighted by atomic mass is 10.1. The molecule has 0 aliphatic rings. The highest BCUT2D eigenvalue weighted by Crippen LogP contribution is 2.51. The van der Waals surface area contributed by atoms with Crippen LogP contribution < -0.4 is 5.32 Å². The lowest BCUT2D eigenvalue weighted by Crippen LogP contribution is -2.11. The van der Waals surface area contributed by atoms with Crippen molar-refractivity contribution in [3.63, 3.8) is 0 Å². The summed E-state index contributed by atoms with van der Waals surface area (Å²) in [6.45, 7) is 3.75. The number of hydrogen-bond acceptors (Lipinski definition) is 2. The summed E-state index contributed by atoms with van der Waals surface area (Å²) in [7, 11) is -4.36. The molecule has 4 nitrogen and oxygen atoms in total. The topological polar surface area (TPSA) is 69.6 Å². The van der Waals surface area contributed by atoms with Gasteiger partial charge in [0.15, 0.2) is 5.78 Å². The first-order valence-electron chi connectivity index (χ1n) is 6.42. The molecule has 0 spiro atoms. The highest BCUT2D eigenvalue weighted by molar-refractivity contribution is 7.52. The fraction of sp³-hybridized carbons (Fsp3) is 0.200. The lowest BCUT2D eigenvalue weighted by Gasteiger charge is -2.22. The fourth-order valence-electron chi connectivity index (χ4n) is 2.04. The second-order valence-electron chi connectivity index (χ2n) is 5.01. The Kier molecular flexibility index (Phi) is 4.74. The van der Waals surface area contributed by atoms with Gasteiger partial charge < -0.3 is 15.1 Å². The third kappa shape index (κ3) is 4.08. The maximum atomic E-state index is 11.8. The summed E-state index contributed by atoms with van der Waals surface area (Å²) >= 11 is 6.05. The molecule has 0 radical (unpaired) electrons. The number of rotatable bonds is 4. The summed E-state index contributed by atoms with van der Waals surface area (Å²) < 4.78 is 11.8. The third-order valence-corrected chi connectivity index (χ3v) is 4.68. The molecule has 0 saturated carbocycles. The number of benzene rings is 2. The molecule has 0 saturated heterocycles. The van der Waals surface area contributed by atoms with Gasteiger partial charge in [-0.1, -0.05) is 47.5 Å². The van der Waals surface area contributed by atoms with Gasteiger partial charge in [0, 0.05) is 10.7 Å².